The van der Waals surface area contributed by atoms with E-state index >= 15 is 0 Å². The monoisotopic (exact) mass is 271 g/mol. The fourth-order valence-electron chi connectivity index (χ4n) is 1.92. The smallest absolute Gasteiger partial charge is 0.231 e. The number of aliphatic hydroxyl groups is 1. The summed E-state index contributed by atoms with van der Waals surface area (Å²) in [5.41, 5.74) is 0. The van der Waals surface area contributed by atoms with Crippen LogP contribution < -0.4 is 10.2 Å². The van der Waals surface area contributed by atoms with E-state index in [-0.39, 0.29) is 17.9 Å². The quantitative estimate of drug-likeness (QED) is 0.841. The molecular formula is C11H18ClN5O. The summed E-state index contributed by atoms with van der Waals surface area (Å²) < 4.78 is 0. The maximum absolute atomic E-state index is 9.16. The van der Waals surface area contributed by atoms with Gasteiger partial charge in [-0.1, -0.05) is 6.92 Å². The zero-order valence-corrected chi connectivity index (χ0v) is 11.2. The standard InChI is InChI=1S/C11H18ClN5O/c1-2-8(7-18)13-10-14-9(12)15-11(16-10)17-5-3-4-6-17/h8,18H,2-7H2,1H3,(H,13,14,15,16). The molecule has 1 aliphatic heterocycles. The van der Waals surface area contributed by atoms with Crippen molar-refractivity contribution in [2.24, 2.45) is 0 Å². The van der Waals surface area contributed by atoms with Gasteiger partial charge in [-0.05, 0) is 30.9 Å². The van der Waals surface area contributed by atoms with Gasteiger partial charge in [-0.3, -0.25) is 0 Å². The third kappa shape index (κ3) is 3.20. The van der Waals surface area contributed by atoms with Crippen molar-refractivity contribution in [3.8, 4) is 0 Å². The van der Waals surface area contributed by atoms with E-state index < -0.39 is 0 Å². The van der Waals surface area contributed by atoms with Crippen molar-refractivity contribution in [1.82, 2.24) is 15.0 Å². The van der Waals surface area contributed by atoms with Crippen LogP contribution in [0.2, 0.25) is 5.28 Å². The maximum Gasteiger partial charge on any atom is 0.231 e. The number of hydrogen-bond acceptors (Lipinski definition) is 6. The summed E-state index contributed by atoms with van der Waals surface area (Å²) in [5.74, 6) is 1.04. The van der Waals surface area contributed by atoms with Crippen molar-refractivity contribution in [3.63, 3.8) is 0 Å². The van der Waals surface area contributed by atoms with E-state index in [0.29, 0.717) is 11.9 Å². The molecule has 0 bridgehead atoms. The number of aliphatic hydroxyl groups excluding tert-OH is 1. The summed E-state index contributed by atoms with van der Waals surface area (Å²) in [6.07, 6.45) is 3.10. The van der Waals surface area contributed by atoms with Crippen molar-refractivity contribution in [3.05, 3.63) is 5.28 Å². The number of halogens is 1. The first-order chi connectivity index (χ1) is 8.72. The molecule has 1 aliphatic rings. The third-order valence-corrected chi connectivity index (χ3v) is 3.20. The van der Waals surface area contributed by atoms with Gasteiger partial charge in [0.2, 0.25) is 17.2 Å². The highest BCUT2D eigenvalue weighted by atomic mass is 35.5. The molecule has 1 aromatic heterocycles. The van der Waals surface area contributed by atoms with Crippen LogP contribution in [0.15, 0.2) is 0 Å². The van der Waals surface area contributed by atoms with Crippen molar-refractivity contribution in [2.75, 3.05) is 29.9 Å². The highest BCUT2D eigenvalue weighted by Crippen LogP contribution is 2.19. The van der Waals surface area contributed by atoms with Gasteiger partial charge < -0.3 is 15.3 Å². The zero-order chi connectivity index (χ0) is 13.0. The first-order valence-corrected chi connectivity index (χ1v) is 6.64. The molecule has 0 spiro atoms. The second-order valence-electron chi connectivity index (χ2n) is 4.35. The van der Waals surface area contributed by atoms with Crippen molar-refractivity contribution in [2.45, 2.75) is 32.2 Å². The van der Waals surface area contributed by atoms with Crippen LogP contribution in [-0.4, -0.2) is 45.8 Å². The largest absolute Gasteiger partial charge is 0.394 e. The molecule has 2 heterocycles. The van der Waals surface area contributed by atoms with Crippen molar-refractivity contribution < 1.29 is 5.11 Å². The zero-order valence-electron chi connectivity index (χ0n) is 10.4. The molecule has 0 amide bonds. The van der Waals surface area contributed by atoms with Crippen molar-refractivity contribution >= 4 is 23.5 Å². The average molecular weight is 272 g/mol. The third-order valence-electron chi connectivity index (χ3n) is 3.03. The molecule has 2 rings (SSSR count). The number of anilines is 2. The Bertz CT molecular complexity index is 393. The number of hydrogen-bond donors (Lipinski definition) is 2. The van der Waals surface area contributed by atoms with Crippen LogP contribution in [0.25, 0.3) is 0 Å². The molecule has 100 valence electrons. The SMILES string of the molecule is CCC(CO)Nc1nc(Cl)nc(N2CCCC2)n1. The van der Waals surface area contributed by atoms with Gasteiger partial charge in [0.15, 0.2) is 0 Å². The van der Waals surface area contributed by atoms with Gasteiger partial charge in [0.1, 0.15) is 0 Å². The van der Waals surface area contributed by atoms with Gasteiger partial charge in [0.05, 0.1) is 12.6 Å². The lowest BCUT2D eigenvalue weighted by molar-refractivity contribution is 0.271. The second-order valence-corrected chi connectivity index (χ2v) is 4.69. The Labute approximate surface area is 111 Å². The molecule has 1 fully saturated rings. The molecule has 0 aromatic carbocycles. The first-order valence-electron chi connectivity index (χ1n) is 6.27. The van der Waals surface area contributed by atoms with Gasteiger partial charge in [0, 0.05) is 13.1 Å². The first kappa shape index (κ1) is 13.3. The van der Waals surface area contributed by atoms with Crippen LogP contribution in [0.1, 0.15) is 26.2 Å². The fourth-order valence-corrected chi connectivity index (χ4v) is 2.08. The molecule has 0 radical (unpaired) electrons. The highest BCUT2D eigenvalue weighted by Gasteiger charge is 2.17. The van der Waals surface area contributed by atoms with E-state index in [0.717, 1.165) is 32.4 Å². The number of rotatable bonds is 5. The Morgan fingerprint density at radius 1 is 1.33 bits per heavy atom. The summed E-state index contributed by atoms with van der Waals surface area (Å²) in [6, 6.07) is -0.0603. The molecule has 18 heavy (non-hydrogen) atoms. The summed E-state index contributed by atoms with van der Waals surface area (Å²) in [4.78, 5) is 14.6. The molecule has 2 N–H and O–H groups in total. The average Bonchev–Trinajstić information content (AvgIpc) is 2.89. The molecule has 1 aromatic rings. The minimum atomic E-state index is -0.0603. The highest BCUT2D eigenvalue weighted by molar-refractivity contribution is 6.28. The normalized spacial score (nSPS) is 16.9. The molecule has 1 saturated heterocycles. The molecule has 0 aliphatic carbocycles. The lowest BCUT2D eigenvalue weighted by atomic mass is 10.2. The molecule has 7 heteroatoms. The molecule has 6 nitrogen and oxygen atoms in total. The van der Waals surface area contributed by atoms with E-state index in [1.807, 2.05) is 6.92 Å². The Balaban J connectivity index is 2.15. The van der Waals surface area contributed by atoms with E-state index in [9.17, 15) is 0 Å². The van der Waals surface area contributed by atoms with Gasteiger partial charge in [0.25, 0.3) is 0 Å². The van der Waals surface area contributed by atoms with Crippen LogP contribution in [0.5, 0.6) is 0 Å². The lowest BCUT2D eigenvalue weighted by Crippen LogP contribution is -2.26. The van der Waals surface area contributed by atoms with Gasteiger partial charge in [-0.2, -0.15) is 15.0 Å². The van der Waals surface area contributed by atoms with E-state index in [4.69, 9.17) is 16.7 Å². The summed E-state index contributed by atoms with van der Waals surface area (Å²) in [7, 11) is 0. The Morgan fingerprint density at radius 2 is 2.06 bits per heavy atom. The summed E-state index contributed by atoms with van der Waals surface area (Å²) >= 11 is 5.91. The van der Waals surface area contributed by atoms with Gasteiger partial charge >= 0.3 is 0 Å². The van der Waals surface area contributed by atoms with Crippen molar-refractivity contribution in [1.29, 1.82) is 0 Å². The molecule has 0 saturated carbocycles. The maximum atomic E-state index is 9.16. The predicted octanol–water partition coefficient (Wildman–Crippen LogP) is 1.31. The summed E-state index contributed by atoms with van der Waals surface area (Å²) in [6.45, 7) is 3.94. The molecule has 1 atom stereocenters. The van der Waals surface area contributed by atoms with E-state index in [1.54, 1.807) is 0 Å². The van der Waals surface area contributed by atoms with Crippen LogP contribution >= 0.6 is 11.6 Å². The van der Waals surface area contributed by atoms with Crippen LogP contribution in [0.3, 0.4) is 0 Å². The minimum absolute atomic E-state index is 0.0405. The topological polar surface area (TPSA) is 74.2 Å². The Morgan fingerprint density at radius 3 is 2.67 bits per heavy atom. The Kier molecular flexibility index (Phi) is 4.54. The second kappa shape index (κ2) is 6.15. The van der Waals surface area contributed by atoms with Gasteiger partial charge in [-0.15, -0.1) is 0 Å². The van der Waals surface area contributed by atoms with Gasteiger partial charge in [-0.25, -0.2) is 0 Å². The summed E-state index contributed by atoms with van der Waals surface area (Å²) in [5, 5.41) is 12.4. The minimum Gasteiger partial charge on any atom is -0.394 e. The van der Waals surface area contributed by atoms with Crippen LogP contribution in [0, 0.1) is 0 Å². The van der Waals surface area contributed by atoms with Crippen LogP contribution in [0.4, 0.5) is 11.9 Å². The molecular weight excluding hydrogens is 254 g/mol. The predicted molar refractivity (Wildman–Crippen MR) is 71.1 cm³/mol. The molecule has 1 unspecified atom stereocenters. The fraction of sp³-hybridized carbons (Fsp3) is 0.727. The lowest BCUT2D eigenvalue weighted by Gasteiger charge is -2.18. The van der Waals surface area contributed by atoms with Crippen LogP contribution in [-0.2, 0) is 0 Å². The number of nitrogens with one attached hydrogen (secondary N) is 1. The van der Waals surface area contributed by atoms with E-state index in [2.05, 4.69) is 25.2 Å². The number of aromatic nitrogens is 3. The Hall–Kier alpha value is -1.14. The van der Waals surface area contributed by atoms with E-state index in [1.165, 1.54) is 0 Å². The number of nitrogens with zero attached hydrogens (tertiary/aromatic N) is 4.